The molecule has 0 saturated heterocycles. The van der Waals surface area contributed by atoms with Crippen LogP contribution in [0.4, 0.5) is 0 Å². The van der Waals surface area contributed by atoms with Crippen LogP contribution in [0.25, 0.3) is 0 Å². The zero-order chi connectivity index (χ0) is 9.56. The Morgan fingerprint density at radius 3 is 2.58 bits per heavy atom. The van der Waals surface area contributed by atoms with Crippen molar-refractivity contribution in [2.75, 3.05) is 0 Å². The number of rotatable bonds is 5. The number of carbonyl (C=O) groups excluding carboxylic acids is 1. The van der Waals surface area contributed by atoms with Gasteiger partial charge in [-0.05, 0) is 6.42 Å². The highest BCUT2D eigenvalue weighted by Gasteiger charge is 2.19. The van der Waals surface area contributed by atoms with Gasteiger partial charge in [-0.1, -0.05) is 13.5 Å². The van der Waals surface area contributed by atoms with Gasteiger partial charge < -0.3 is 9.84 Å². The van der Waals surface area contributed by atoms with Gasteiger partial charge in [0, 0.05) is 0 Å². The van der Waals surface area contributed by atoms with E-state index in [1.807, 2.05) is 0 Å². The third-order valence-electron chi connectivity index (χ3n) is 1.47. The minimum atomic E-state index is -0.974. The van der Waals surface area contributed by atoms with E-state index in [9.17, 15) is 9.59 Å². The normalized spacial score (nSPS) is 11.8. The fourth-order valence-corrected chi connectivity index (χ4v) is 0.749. The van der Waals surface area contributed by atoms with Crippen LogP contribution in [-0.2, 0) is 14.3 Å². The zero-order valence-electron chi connectivity index (χ0n) is 6.95. The van der Waals surface area contributed by atoms with Crippen molar-refractivity contribution in [1.82, 2.24) is 0 Å². The molecule has 1 atom stereocenters. The Morgan fingerprint density at radius 1 is 1.67 bits per heavy atom. The number of aliphatic carboxylic acids is 1. The van der Waals surface area contributed by atoms with Gasteiger partial charge in [-0.3, -0.25) is 9.59 Å². The quantitative estimate of drug-likeness (QED) is 0.499. The maximum atomic E-state index is 10.8. The average molecular weight is 172 g/mol. The van der Waals surface area contributed by atoms with Crippen molar-refractivity contribution in [3.05, 3.63) is 12.8 Å². The Balaban J connectivity index is 3.93. The van der Waals surface area contributed by atoms with Crippen LogP contribution in [0.15, 0.2) is 12.8 Å². The summed E-state index contributed by atoms with van der Waals surface area (Å²) in [5, 5.41) is 8.56. The van der Waals surface area contributed by atoms with Crippen molar-refractivity contribution in [2.45, 2.75) is 19.8 Å². The number of carbonyl (C=O) groups is 2. The highest BCUT2D eigenvalue weighted by atomic mass is 16.5. The molecular formula is C8H12O4. The molecule has 0 aliphatic rings. The van der Waals surface area contributed by atoms with Gasteiger partial charge in [-0.2, -0.15) is 0 Å². The molecule has 0 fully saturated rings. The average Bonchev–Trinajstić information content (AvgIpc) is 2.00. The van der Waals surface area contributed by atoms with Crippen LogP contribution in [0.1, 0.15) is 19.8 Å². The van der Waals surface area contributed by atoms with Gasteiger partial charge in [0.05, 0.1) is 18.6 Å². The lowest BCUT2D eigenvalue weighted by Crippen LogP contribution is -2.17. The second kappa shape index (κ2) is 5.35. The molecule has 0 heterocycles. The van der Waals surface area contributed by atoms with Gasteiger partial charge in [0.2, 0.25) is 0 Å². The SMILES string of the molecule is C=COC(=O)CC(CC)C(=O)O. The summed E-state index contributed by atoms with van der Waals surface area (Å²) in [5.41, 5.74) is 0. The van der Waals surface area contributed by atoms with E-state index < -0.39 is 17.9 Å². The third-order valence-corrected chi connectivity index (χ3v) is 1.47. The number of hydrogen-bond donors (Lipinski definition) is 1. The molecule has 1 N–H and O–H groups in total. The van der Waals surface area contributed by atoms with Crippen molar-refractivity contribution in [2.24, 2.45) is 5.92 Å². The van der Waals surface area contributed by atoms with Gasteiger partial charge in [-0.15, -0.1) is 0 Å². The lowest BCUT2D eigenvalue weighted by Gasteiger charge is -2.06. The molecule has 0 aromatic rings. The van der Waals surface area contributed by atoms with E-state index >= 15 is 0 Å². The number of carboxylic acids is 1. The van der Waals surface area contributed by atoms with E-state index in [0.717, 1.165) is 6.26 Å². The summed E-state index contributed by atoms with van der Waals surface area (Å²) in [7, 11) is 0. The lowest BCUT2D eigenvalue weighted by atomic mass is 10.0. The predicted molar refractivity (Wildman–Crippen MR) is 42.3 cm³/mol. The van der Waals surface area contributed by atoms with Crippen molar-refractivity contribution < 1.29 is 19.4 Å². The molecule has 0 aromatic carbocycles. The molecule has 12 heavy (non-hydrogen) atoms. The maximum Gasteiger partial charge on any atom is 0.311 e. The van der Waals surface area contributed by atoms with Crippen molar-refractivity contribution in [3.63, 3.8) is 0 Å². The molecule has 4 nitrogen and oxygen atoms in total. The molecule has 0 spiro atoms. The first-order valence-corrected chi connectivity index (χ1v) is 3.65. The van der Waals surface area contributed by atoms with Crippen molar-refractivity contribution >= 4 is 11.9 Å². The second-order valence-corrected chi connectivity index (χ2v) is 2.30. The summed E-state index contributed by atoms with van der Waals surface area (Å²) in [6, 6.07) is 0. The lowest BCUT2D eigenvalue weighted by molar-refractivity contribution is -0.148. The molecule has 0 aliphatic heterocycles. The molecule has 0 aliphatic carbocycles. The number of esters is 1. The molecular weight excluding hydrogens is 160 g/mol. The largest absolute Gasteiger partial charge is 0.481 e. The van der Waals surface area contributed by atoms with Crippen LogP contribution in [0, 0.1) is 5.92 Å². The molecule has 4 heteroatoms. The Kier molecular flexibility index (Phi) is 4.76. The van der Waals surface area contributed by atoms with Crippen LogP contribution in [0.3, 0.4) is 0 Å². The van der Waals surface area contributed by atoms with E-state index in [1.165, 1.54) is 0 Å². The first-order valence-electron chi connectivity index (χ1n) is 3.65. The monoisotopic (exact) mass is 172 g/mol. The van der Waals surface area contributed by atoms with E-state index in [2.05, 4.69) is 11.3 Å². The van der Waals surface area contributed by atoms with Crippen molar-refractivity contribution in [3.8, 4) is 0 Å². The first-order chi connectivity index (χ1) is 5.61. The zero-order valence-corrected chi connectivity index (χ0v) is 6.95. The van der Waals surface area contributed by atoms with Crippen LogP contribution < -0.4 is 0 Å². The van der Waals surface area contributed by atoms with Crippen LogP contribution in [-0.4, -0.2) is 17.0 Å². The molecule has 1 unspecified atom stereocenters. The third kappa shape index (κ3) is 3.75. The van der Waals surface area contributed by atoms with E-state index in [-0.39, 0.29) is 6.42 Å². The molecule has 0 saturated carbocycles. The Bertz CT molecular complexity index is 185. The van der Waals surface area contributed by atoms with Gasteiger partial charge in [-0.25, -0.2) is 0 Å². The number of hydrogen-bond acceptors (Lipinski definition) is 3. The summed E-state index contributed by atoms with van der Waals surface area (Å²) in [6.45, 7) is 4.90. The summed E-state index contributed by atoms with van der Waals surface area (Å²) >= 11 is 0. The summed E-state index contributed by atoms with van der Waals surface area (Å²) < 4.78 is 4.39. The topological polar surface area (TPSA) is 63.6 Å². The van der Waals surface area contributed by atoms with Crippen LogP contribution >= 0.6 is 0 Å². The number of ether oxygens (including phenoxy) is 1. The van der Waals surface area contributed by atoms with Gasteiger partial charge in [0.25, 0.3) is 0 Å². The van der Waals surface area contributed by atoms with Gasteiger partial charge in [0.1, 0.15) is 0 Å². The Hall–Kier alpha value is -1.32. The summed E-state index contributed by atoms with van der Waals surface area (Å²) in [4.78, 5) is 21.2. The molecule has 0 rings (SSSR count). The molecule has 0 bridgehead atoms. The smallest absolute Gasteiger partial charge is 0.311 e. The fourth-order valence-electron chi connectivity index (χ4n) is 0.749. The van der Waals surface area contributed by atoms with Gasteiger partial charge in [0.15, 0.2) is 0 Å². The van der Waals surface area contributed by atoms with E-state index in [4.69, 9.17) is 5.11 Å². The number of carboxylic acid groups (broad SMARTS) is 1. The predicted octanol–water partition coefficient (Wildman–Crippen LogP) is 1.17. The molecule has 0 amide bonds. The van der Waals surface area contributed by atoms with Crippen LogP contribution in [0.2, 0.25) is 0 Å². The standard InChI is InChI=1S/C8H12O4/c1-3-6(8(10)11)5-7(9)12-4-2/h4,6H,2-3,5H2,1H3,(H,10,11). The highest BCUT2D eigenvalue weighted by Crippen LogP contribution is 2.09. The second-order valence-electron chi connectivity index (χ2n) is 2.30. The minimum absolute atomic E-state index is 0.0994. The molecule has 0 aromatic heterocycles. The van der Waals surface area contributed by atoms with Crippen molar-refractivity contribution in [1.29, 1.82) is 0 Å². The Morgan fingerprint density at radius 2 is 2.25 bits per heavy atom. The van der Waals surface area contributed by atoms with Gasteiger partial charge >= 0.3 is 11.9 Å². The fraction of sp³-hybridized carbons (Fsp3) is 0.500. The first kappa shape index (κ1) is 10.7. The summed E-state index contributed by atoms with van der Waals surface area (Å²) in [6.07, 6.45) is 1.32. The summed E-state index contributed by atoms with van der Waals surface area (Å²) in [5.74, 6) is -2.18. The minimum Gasteiger partial charge on any atom is -0.481 e. The molecule has 0 radical (unpaired) electrons. The Labute approximate surface area is 70.8 Å². The van der Waals surface area contributed by atoms with E-state index in [1.54, 1.807) is 6.92 Å². The molecule has 68 valence electrons. The maximum absolute atomic E-state index is 10.8. The highest BCUT2D eigenvalue weighted by molar-refractivity contribution is 5.78. The van der Waals surface area contributed by atoms with E-state index in [0.29, 0.717) is 6.42 Å². The van der Waals surface area contributed by atoms with Crippen LogP contribution in [0.5, 0.6) is 0 Å².